The topological polar surface area (TPSA) is 101 Å². The molecule has 3 aromatic rings. The fraction of sp³-hybridized carbons (Fsp3) is 0.368. The smallest absolute Gasteiger partial charge is 0.243 e. The molecule has 170 valence electrons. The highest BCUT2D eigenvalue weighted by Gasteiger charge is 2.30. The summed E-state index contributed by atoms with van der Waals surface area (Å²) in [7, 11) is -3.71. The lowest BCUT2D eigenvalue weighted by Gasteiger charge is -2.34. The van der Waals surface area contributed by atoms with E-state index in [1.807, 2.05) is 11.4 Å². The van der Waals surface area contributed by atoms with Gasteiger partial charge in [0.05, 0.1) is 17.2 Å². The molecule has 1 saturated heterocycles. The molecule has 13 heteroatoms. The lowest BCUT2D eigenvalue weighted by molar-refractivity contribution is -0.129. The number of benzene rings is 1. The number of sulfonamides is 1. The summed E-state index contributed by atoms with van der Waals surface area (Å²) in [6.45, 7) is 1.60. The third kappa shape index (κ3) is 5.34. The maximum atomic E-state index is 13.1. The molecule has 1 aliphatic heterocycles. The first-order valence-electron chi connectivity index (χ1n) is 9.88. The number of nitrogens with zero attached hydrogens (tertiary/aromatic N) is 6. The zero-order chi connectivity index (χ0) is 22.6. The molecule has 1 aliphatic rings. The normalized spacial score (nSPS) is 15.2. The summed E-state index contributed by atoms with van der Waals surface area (Å²) in [5.41, 5.74) is 0. The Balaban J connectivity index is 1.27. The van der Waals surface area contributed by atoms with Gasteiger partial charge < -0.3 is 4.90 Å². The Hall–Kier alpha value is -2.35. The van der Waals surface area contributed by atoms with Crippen LogP contribution in [0.15, 0.2) is 51.8 Å². The molecule has 0 unspecified atom stereocenters. The second-order valence-electron chi connectivity index (χ2n) is 7.04. The highest BCUT2D eigenvalue weighted by Crippen LogP contribution is 2.20. The molecule has 1 fully saturated rings. The quantitative estimate of drug-likeness (QED) is 0.438. The van der Waals surface area contributed by atoms with Gasteiger partial charge in [0, 0.05) is 37.5 Å². The van der Waals surface area contributed by atoms with Crippen LogP contribution in [0.25, 0.3) is 0 Å². The molecule has 4 rings (SSSR count). The predicted molar refractivity (Wildman–Crippen MR) is 118 cm³/mol. The molecule has 0 radical (unpaired) electrons. The third-order valence-electron chi connectivity index (χ3n) is 5.02. The first-order valence-corrected chi connectivity index (χ1v) is 13.2. The van der Waals surface area contributed by atoms with E-state index in [0.29, 0.717) is 24.8 Å². The van der Waals surface area contributed by atoms with Gasteiger partial charge in [0.25, 0.3) is 0 Å². The van der Waals surface area contributed by atoms with Crippen LogP contribution in [0, 0.1) is 5.82 Å². The van der Waals surface area contributed by atoms with Gasteiger partial charge in [-0.05, 0) is 46.1 Å². The van der Waals surface area contributed by atoms with E-state index in [0.717, 1.165) is 18.6 Å². The highest BCUT2D eigenvalue weighted by atomic mass is 32.2. The van der Waals surface area contributed by atoms with E-state index in [2.05, 4.69) is 21.6 Å². The van der Waals surface area contributed by atoms with Gasteiger partial charge in [-0.15, -0.1) is 16.4 Å². The SMILES string of the molecule is O=C(CSc1nnnn1CCc1cccs1)N1CCN(S(=O)(=O)c2ccc(F)cc2)CC1. The van der Waals surface area contributed by atoms with Crippen molar-refractivity contribution < 1.29 is 17.6 Å². The van der Waals surface area contributed by atoms with E-state index in [-0.39, 0.29) is 29.6 Å². The summed E-state index contributed by atoms with van der Waals surface area (Å²) in [5.74, 6) is -0.416. The molecule has 0 N–H and O–H groups in total. The van der Waals surface area contributed by atoms with Gasteiger partial charge >= 0.3 is 0 Å². The van der Waals surface area contributed by atoms with Crippen molar-refractivity contribution in [3.05, 3.63) is 52.5 Å². The molecule has 1 aromatic carbocycles. The minimum absolute atomic E-state index is 0.0450. The van der Waals surface area contributed by atoms with Gasteiger partial charge in [-0.25, -0.2) is 17.5 Å². The minimum Gasteiger partial charge on any atom is -0.339 e. The fourth-order valence-electron chi connectivity index (χ4n) is 3.26. The van der Waals surface area contributed by atoms with Crippen molar-refractivity contribution in [1.29, 1.82) is 0 Å². The lowest BCUT2D eigenvalue weighted by atomic mass is 10.3. The van der Waals surface area contributed by atoms with E-state index in [1.54, 1.807) is 20.9 Å². The van der Waals surface area contributed by atoms with Crippen LogP contribution in [0.5, 0.6) is 0 Å². The number of hydrogen-bond acceptors (Lipinski definition) is 8. The van der Waals surface area contributed by atoms with Gasteiger partial charge in [0.1, 0.15) is 5.82 Å². The number of thiophene rings is 1. The summed E-state index contributed by atoms with van der Waals surface area (Å²) in [6.07, 6.45) is 0.814. The monoisotopic (exact) mass is 496 g/mol. The standard InChI is InChI=1S/C19H21FN6O3S3/c20-15-3-5-17(6-4-15)32(28,29)25-11-9-24(10-12-25)18(27)14-31-19-21-22-23-26(19)8-7-16-2-1-13-30-16/h1-6,13H,7-12,14H2. The third-order valence-corrected chi connectivity index (χ3v) is 8.81. The zero-order valence-corrected chi connectivity index (χ0v) is 19.5. The molecule has 1 amide bonds. The number of aryl methyl sites for hydroxylation is 2. The summed E-state index contributed by atoms with van der Waals surface area (Å²) in [6, 6.07) is 8.80. The van der Waals surface area contributed by atoms with E-state index in [4.69, 9.17) is 0 Å². The first kappa shape index (κ1) is 22.8. The Morgan fingerprint density at radius 2 is 1.88 bits per heavy atom. The lowest BCUT2D eigenvalue weighted by Crippen LogP contribution is -2.50. The minimum atomic E-state index is -3.71. The number of amides is 1. The van der Waals surface area contributed by atoms with Crippen LogP contribution in [-0.4, -0.2) is 75.7 Å². The average molecular weight is 497 g/mol. The Kier molecular flexibility index (Phi) is 7.18. The number of hydrogen-bond donors (Lipinski definition) is 0. The van der Waals surface area contributed by atoms with Crippen molar-refractivity contribution in [2.45, 2.75) is 23.0 Å². The molecule has 0 atom stereocenters. The number of piperazine rings is 1. The maximum Gasteiger partial charge on any atom is 0.243 e. The summed E-state index contributed by atoms with van der Waals surface area (Å²) < 4.78 is 41.5. The van der Waals surface area contributed by atoms with Gasteiger partial charge in [-0.2, -0.15) is 4.31 Å². The summed E-state index contributed by atoms with van der Waals surface area (Å²) in [4.78, 5) is 15.6. The predicted octanol–water partition coefficient (Wildman–Crippen LogP) is 1.74. The number of halogens is 1. The van der Waals surface area contributed by atoms with Crippen LogP contribution in [0.1, 0.15) is 4.88 Å². The largest absolute Gasteiger partial charge is 0.339 e. The number of carbonyl (C=O) groups excluding carboxylic acids is 1. The maximum absolute atomic E-state index is 13.1. The molecule has 0 bridgehead atoms. The van der Waals surface area contributed by atoms with Crippen molar-refractivity contribution in [2.75, 3.05) is 31.9 Å². The second kappa shape index (κ2) is 10.1. The van der Waals surface area contributed by atoms with Crippen molar-refractivity contribution >= 4 is 39.0 Å². The summed E-state index contributed by atoms with van der Waals surface area (Å²) >= 11 is 2.94. The van der Waals surface area contributed by atoms with E-state index < -0.39 is 15.8 Å². The van der Waals surface area contributed by atoms with Crippen molar-refractivity contribution in [1.82, 2.24) is 29.4 Å². The van der Waals surface area contributed by atoms with Gasteiger partial charge in [-0.3, -0.25) is 4.79 Å². The van der Waals surface area contributed by atoms with Crippen LogP contribution in [-0.2, 0) is 27.8 Å². The van der Waals surface area contributed by atoms with Crippen molar-refractivity contribution in [3.8, 4) is 0 Å². The van der Waals surface area contributed by atoms with Gasteiger partial charge in [-0.1, -0.05) is 17.8 Å². The number of rotatable bonds is 8. The Morgan fingerprint density at radius 1 is 1.12 bits per heavy atom. The second-order valence-corrected chi connectivity index (χ2v) is 11.0. The first-order chi connectivity index (χ1) is 15.4. The molecule has 2 aromatic heterocycles. The van der Waals surface area contributed by atoms with Crippen molar-refractivity contribution in [2.24, 2.45) is 0 Å². The Labute approximate surface area is 193 Å². The number of thioether (sulfide) groups is 1. The molecule has 0 aliphatic carbocycles. The molecule has 0 spiro atoms. The van der Waals surface area contributed by atoms with Crippen LogP contribution in [0.2, 0.25) is 0 Å². The number of aromatic nitrogens is 4. The molecular weight excluding hydrogens is 475 g/mol. The van der Waals surface area contributed by atoms with E-state index >= 15 is 0 Å². The van der Waals surface area contributed by atoms with E-state index in [9.17, 15) is 17.6 Å². The number of carbonyl (C=O) groups is 1. The van der Waals surface area contributed by atoms with Gasteiger partial charge in [0.15, 0.2) is 0 Å². The summed E-state index contributed by atoms with van der Waals surface area (Å²) in [5, 5.41) is 14.3. The van der Waals surface area contributed by atoms with Crippen LogP contribution >= 0.6 is 23.1 Å². The Morgan fingerprint density at radius 3 is 2.56 bits per heavy atom. The van der Waals surface area contributed by atoms with Crippen molar-refractivity contribution in [3.63, 3.8) is 0 Å². The Bertz CT molecular complexity index is 1140. The highest BCUT2D eigenvalue weighted by molar-refractivity contribution is 7.99. The molecular formula is C19H21FN6O3S3. The number of tetrazole rings is 1. The fourth-order valence-corrected chi connectivity index (χ4v) is 6.19. The molecule has 0 saturated carbocycles. The van der Waals surface area contributed by atoms with Crippen LogP contribution in [0.4, 0.5) is 4.39 Å². The van der Waals surface area contributed by atoms with Crippen LogP contribution in [0.3, 0.4) is 0 Å². The van der Waals surface area contributed by atoms with Crippen LogP contribution < -0.4 is 0 Å². The zero-order valence-electron chi connectivity index (χ0n) is 17.0. The molecule has 32 heavy (non-hydrogen) atoms. The van der Waals surface area contributed by atoms with E-state index in [1.165, 1.54) is 33.1 Å². The molecule has 3 heterocycles. The van der Waals surface area contributed by atoms with Gasteiger partial charge in [0.2, 0.25) is 21.1 Å². The average Bonchev–Trinajstić information content (AvgIpc) is 3.48. The molecule has 9 nitrogen and oxygen atoms in total.